The lowest BCUT2D eigenvalue weighted by Gasteiger charge is -2.37. The van der Waals surface area contributed by atoms with Gasteiger partial charge in [0.1, 0.15) is 6.07 Å². The molecule has 4 aromatic rings. The number of carbonyl (C=O) groups excluding carboxylic acids is 2. The number of ether oxygens (including phenoxy) is 1. The number of anilines is 2. The molecule has 1 saturated heterocycles. The first-order valence-corrected chi connectivity index (χ1v) is 16.8. The summed E-state index contributed by atoms with van der Waals surface area (Å²) in [6.45, 7) is 3.31. The van der Waals surface area contributed by atoms with Crippen LogP contribution in [-0.2, 0) is 14.3 Å². The summed E-state index contributed by atoms with van der Waals surface area (Å²) in [5.74, 6) is 1.06. The second kappa shape index (κ2) is 12.7. The molecule has 7 rings (SSSR count). The quantitative estimate of drug-likeness (QED) is 0.260. The highest BCUT2D eigenvalue weighted by Crippen LogP contribution is 2.42. The first kappa shape index (κ1) is 30.1. The molecule has 46 heavy (non-hydrogen) atoms. The molecular weight excluding hydrogens is 602 g/mol. The minimum atomic E-state index is -0.146. The number of hydrogen-bond acceptors (Lipinski definition) is 11. The van der Waals surface area contributed by atoms with Crippen LogP contribution in [0.3, 0.4) is 0 Å². The van der Waals surface area contributed by atoms with Gasteiger partial charge in [0.15, 0.2) is 5.01 Å². The van der Waals surface area contributed by atoms with E-state index >= 15 is 0 Å². The number of fused-ring (bicyclic) bond motifs is 3. The Morgan fingerprint density at radius 2 is 1.85 bits per heavy atom. The molecule has 3 aliphatic rings. The van der Waals surface area contributed by atoms with Crippen LogP contribution < -0.4 is 15.5 Å². The van der Waals surface area contributed by atoms with Crippen molar-refractivity contribution in [1.29, 1.82) is 5.26 Å². The third kappa shape index (κ3) is 6.01. The predicted octanol–water partition coefficient (Wildman–Crippen LogP) is 4.67. The SMILES string of the molecule is COC(=O)CC1CCC(Nc2cc(-c3ccc4cc(C#N)cnn34)ncc2-c2nnc(N3C[C@H]4CC[C@@H](C3)C4NC(C)=O)s2)CC1. The summed E-state index contributed by atoms with van der Waals surface area (Å²) in [7, 11) is 1.45. The number of amides is 1. The number of carbonyl (C=O) groups is 2. The van der Waals surface area contributed by atoms with E-state index in [1.165, 1.54) is 7.11 Å². The zero-order chi connectivity index (χ0) is 31.8. The van der Waals surface area contributed by atoms with Gasteiger partial charge in [-0.05, 0) is 80.5 Å². The molecule has 0 radical (unpaired) electrons. The molecule has 2 saturated carbocycles. The van der Waals surface area contributed by atoms with Crippen molar-refractivity contribution in [3.8, 4) is 28.0 Å². The Balaban J connectivity index is 1.16. The Morgan fingerprint density at radius 3 is 2.57 bits per heavy atom. The van der Waals surface area contributed by atoms with Crippen LogP contribution in [0.25, 0.3) is 27.5 Å². The first-order valence-electron chi connectivity index (χ1n) is 16.0. The van der Waals surface area contributed by atoms with Gasteiger partial charge in [-0.2, -0.15) is 10.4 Å². The van der Waals surface area contributed by atoms with Gasteiger partial charge in [0.2, 0.25) is 11.0 Å². The zero-order valence-corrected chi connectivity index (χ0v) is 26.8. The lowest BCUT2D eigenvalue weighted by molar-refractivity contribution is -0.142. The summed E-state index contributed by atoms with van der Waals surface area (Å²) in [5, 5.41) is 31.7. The minimum Gasteiger partial charge on any atom is -0.469 e. The van der Waals surface area contributed by atoms with Crippen LogP contribution in [0.4, 0.5) is 10.8 Å². The topological polar surface area (TPSA) is 150 Å². The molecule has 1 amide bonds. The van der Waals surface area contributed by atoms with Gasteiger partial charge in [-0.3, -0.25) is 14.6 Å². The second-order valence-electron chi connectivity index (χ2n) is 12.8. The summed E-state index contributed by atoms with van der Waals surface area (Å²) >= 11 is 1.57. The summed E-state index contributed by atoms with van der Waals surface area (Å²) in [5.41, 5.74) is 4.72. The van der Waals surface area contributed by atoms with Crippen molar-refractivity contribution in [2.75, 3.05) is 30.4 Å². The Labute approximate surface area is 271 Å². The van der Waals surface area contributed by atoms with Gasteiger partial charge in [0.05, 0.1) is 41.3 Å². The highest BCUT2D eigenvalue weighted by atomic mass is 32.1. The maximum absolute atomic E-state index is 11.8. The van der Waals surface area contributed by atoms with Gasteiger partial charge < -0.3 is 20.3 Å². The van der Waals surface area contributed by atoms with Crippen molar-refractivity contribution in [2.24, 2.45) is 17.8 Å². The summed E-state index contributed by atoms with van der Waals surface area (Å²) in [6.07, 6.45) is 9.90. The van der Waals surface area contributed by atoms with Crippen LogP contribution in [0.1, 0.15) is 57.4 Å². The van der Waals surface area contributed by atoms with Crippen molar-refractivity contribution in [1.82, 2.24) is 30.1 Å². The number of nitrogens with zero attached hydrogens (tertiary/aromatic N) is 7. The second-order valence-corrected chi connectivity index (χ2v) is 13.7. The molecule has 1 aliphatic heterocycles. The third-order valence-corrected chi connectivity index (χ3v) is 10.8. The van der Waals surface area contributed by atoms with E-state index in [-0.39, 0.29) is 24.0 Å². The van der Waals surface area contributed by atoms with E-state index in [9.17, 15) is 14.9 Å². The Hall–Kier alpha value is -4.57. The average Bonchev–Trinajstić information content (AvgIpc) is 3.77. The van der Waals surface area contributed by atoms with Gasteiger partial charge in [-0.15, -0.1) is 10.2 Å². The van der Waals surface area contributed by atoms with Crippen LogP contribution in [0.15, 0.2) is 36.7 Å². The van der Waals surface area contributed by atoms with E-state index in [1.807, 2.05) is 24.4 Å². The molecule has 3 atom stereocenters. The van der Waals surface area contributed by atoms with E-state index in [0.717, 1.165) is 89.9 Å². The molecule has 2 bridgehead atoms. The third-order valence-electron chi connectivity index (χ3n) is 9.80. The van der Waals surface area contributed by atoms with Crippen LogP contribution in [0.2, 0.25) is 0 Å². The van der Waals surface area contributed by atoms with Crippen LogP contribution in [-0.4, -0.2) is 69.0 Å². The van der Waals surface area contributed by atoms with E-state index in [2.05, 4.69) is 43.0 Å². The number of piperidine rings is 1. The predicted molar refractivity (Wildman–Crippen MR) is 174 cm³/mol. The summed E-state index contributed by atoms with van der Waals surface area (Å²) in [4.78, 5) is 30.8. The monoisotopic (exact) mass is 639 g/mol. The Kier molecular flexibility index (Phi) is 8.29. The standard InChI is InChI=1S/C33H37N9O3S/c1-19(43)37-31-22-5-6-23(31)18-41(17-22)33-40-39-32(46-33)26-16-35-28(29-10-9-25-11-21(14-34)15-36-42(25)29)13-27(26)38-24-7-3-20(4-8-24)12-30(44)45-2/h9-11,13,15-16,20,22-24,31H,3-8,12,17-18H2,1-2H3,(H,35,38)(H,37,43)/t20?,22-,23+,24?,31?. The van der Waals surface area contributed by atoms with E-state index < -0.39 is 0 Å². The van der Waals surface area contributed by atoms with Crippen LogP contribution in [0.5, 0.6) is 0 Å². The Morgan fingerprint density at radius 1 is 1.07 bits per heavy atom. The molecule has 238 valence electrons. The molecule has 12 nitrogen and oxygen atoms in total. The van der Waals surface area contributed by atoms with Crippen molar-refractivity contribution in [2.45, 2.75) is 64.0 Å². The molecule has 3 fully saturated rings. The number of esters is 1. The van der Waals surface area contributed by atoms with E-state index in [0.29, 0.717) is 29.7 Å². The van der Waals surface area contributed by atoms with Crippen molar-refractivity contribution in [3.63, 3.8) is 0 Å². The van der Waals surface area contributed by atoms with Crippen molar-refractivity contribution < 1.29 is 14.3 Å². The maximum Gasteiger partial charge on any atom is 0.305 e. The number of aromatic nitrogens is 5. The molecule has 0 spiro atoms. The van der Waals surface area contributed by atoms with Gasteiger partial charge >= 0.3 is 5.97 Å². The number of rotatable bonds is 8. The lowest BCUT2D eigenvalue weighted by Crippen LogP contribution is -2.52. The van der Waals surface area contributed by atoms with Gasteiger partial charge in [0, 0.05) is 50.4 Å². The summed E-state index contributed by atoms with van der Waals surface area (Å²) in [6, 6.07) is 10.4. The maximum atomic E-state index is 11.8. The molecule has 5 heterocycles. The highest BCUT2D eigenvalue weighted by Gasteiger charge is 2.43. The highest BCUT2D eigenvalue weighted by molar-refractivity contribution is 7.18. The summed E-state index contributed by atoms with van der Waals surface area (Å²) < 4.78 is 6.70. The number of nitriles is 1. The first-order chi connectivity index (χ1) is 22.4. The van der Waals surface area contributed by atoms with Gasteiger partial charge in [-0.1, -0.05) is 11.3 Å². The molecule has 1 unspecified atom stereocenters. The molecule has 2 aliphatic carbocycles. The van der Waals surface area contributed by atoms with Gasteiger partial charge in [0.25, 0.3) is 0 Å². The number of nitrogens with one attached hydrogen (secondary N) is 2. The minimum absolute atomic E-state index is 0.0392. The largest absolute Gasteiger partial charge is 0.469 e. The Bertz CT molecular complexity index is 1790. The fourth-order valence-corrected chi connectivity index (χ4v) is 8.38. The van der Waals surface area contributed by atoms with Gasteiger partial charge in [-0.25, -0.2) is 4.52 Å². The van der Waals surface area contributed by atoms with Crippen LogP contribution in [0, 0.1) is 29.1 Å². The van der Waals surface area contributed by atoms with Crippen molar-refractivity contribution in [3.05, 3.63) is 42.2 Å². The fraction of sp³-hybridized carbons (Fsp3) is 0.485. The number of pyridine rings is 1. The smallest absolute Gasteiger partial charge is 0.305 e. The average molecular weight is 640 g/mol. The number of methoxy groups -OCH3 is 1. The number of hydrogen-bond donors (Lipinski definition) is 2. The molecule has 13 heteroatoms. The lowest BCUT2D eigenvalue weighted by atomic mass is 9.84. The molecule has 4 aromatic heterocycles. The molecule has 2 N–H and O–H groups in total. The fourth-order valence-electron chi connectivity index (χ4n) is 7.49. The zero-order valence-electron chi connectivity index (χ0n) is 26.0. The molecule has 0 aromatic carbocycles. The van der Waals surface area contributed by atoms with E-state index in [4.69, 9.17) is 9.72 Å². The normalized spacial score (nSPS) is 24.0. The van der Waals surface area contributed by atoms with Crippen LogP contribution >= 0.6 is 11.3 Å². The van der Waals surface area contributed by atoms with E-state index in [1.54, 1.807) is 29.0 Å². The van der Waals surface area contributed by atoms with Crippen molar-refractivity contribution >= 4 is 39.5 Å². The molecular formula is C33H37N9O3S.